The first-order chi connectivity index (χ1) is 36.7. The fraction of sp³-hybridized carbons (Fsp3) is 0.0137. The molecule has 346 valence electrons. The molecule has 0 N–H and O–H groups in total. The Labute approximate surface area is 432 Å². The standard InChI is InChI=1S/C73H49N/c1-5-21-53(22-6-1)71-66-33-16-15-31-63(66)64-46-40-55(48-68(64)72(71)54-23-7-2-8-24-54)50-36-41-58(42-37-50)74(59-43-38-52(39-44-59)62-34-19-25-51-20-13-14-30-61(51)62)60-45-47-70-67(49-60)65-32-17-18-35-69(65)73(70,56-26-9-3-10-27-56)57-28-11-4-12-29-57/h1-49H. The maximum atomic E-state index is 2.43. The molecule has 0 heterocycles. The molecule has 0 atom stereocenters. The number of rotatable bonds is 9. The quantitative estimate of drug-likeness (QED) is 0.130. The molecule has 0 spiro atoms. The molecule has 0 amide bonds. The molecule has 0 saturated heterocycles. The molecule has 1 aliphatic rings. The minimum Gasteiger partial charge on any atom is -0.310 e. The van der Waals surface area contributed by atoms with Crippen LogP contribution in [0.3, 0.4) is 0 Å². The topological polar surface area (TPSA) is 3.24 Å². The third kappa shape index (κ3) is 7.00. The van der Waals surface area contributed by atoms with Crippen LogP contribution in [0.5, 0.6) is 0 Å². The average molecular weight is 940 g/mol. The van der Waals surface area contributed by atoms with Crippen LogP contribution in [-0.2, 0) is 5.41 Å². The number of anilines is 3. The highest BCUT2D eigenvalue weighted by molar-refractivity contribution is 6.22. The van der Waals surface area contributed by atoms with Crippen molar-refractivity contribution in [3.05, 3.63) is 320 Å². The number of nitrogens with zero attached hydrogens (tertiary/aromatic N) is 1. The van der Waals surface area contributed by atoms with E-state index in [2.05, 4.69) is 302 Å². The van der Waals surface area contributed by atoms with Gasteiger partial charge in [-0.25, -0.2) is 0 Å². The second-order valence-corrected chi connectivity index (χ2v) is 19.5. The molecule has 13 aromatic carbocycles. The molecule has 13 aromatic rings. The van der Waals surface area contributed by atoms with Crippen LogP contribution in [0.15, 0.2) is 297 Å². The van der Waals surface area contributed by atoms with Crippen molar-refractivity contribution >= 4 is 49.4 Å². The van der Waals surface area contributed by atoms with E-state index in [1.165, 1.54) is 105 Å². The SMILES string of the molecule is c1ccc(-c2c(-c3ccccc3)c3cc(-c4ccc(N(c5ccc(-c6cccc7ccccc67)cc5)c5ccc6c(c5)-c5ccccc5C6(c5ccccc5)c5ccccc5)cc4)ccc3c3ccccc23)cc1. The third-order valence-electron chi connectivity index (χ3n) is 15.5. The minimum atomic E-state index is -0.478. The van der Waals surface area contributed by atoms with Crippen LogP contribution >= 0.6 is 0 Å². The largest absolute Gasteiger partial charge is 0.310 e. The zero-order valence-corrected chi connectivity index (χ0v) is 40.7. The zero-order chi connectivity index (χ0) is 49.0. The molecular weight excluding hydrogens is 891 g/mol. The lowest BCUT2D eigenvalue weighted by atomic mass is 9.68. The van der Waals surface area contributed by atoms with Crippen LogP contribution in [0, 0.1) is 0 Å². The number of hydrogen-bond donors (Lipinski definition) is 0. The van der Waals surface area contributed by atoms with Gasteiger partial charge in [0, 0.05) is 17.1 Å². The van der Waals surface area contributed by atoms with Crippen molar-refractivity contribution in [2.24, 2.45) is 0 Å². The molecule has 0 aromatic heterocycles. The van der Waals surface area contributed by atoms with E-state index in [1.807, 2.05) is 0 Å². The summed E-state index contributed by atoms with van der Waals surface area (Å²) >= 11 is 0. The normalized spacial score (nSPS) is 12.4. The predicted octanol–water partition coefficient (Wildman–Crippen LogP) is 19.6. The van der Waals surface area contributed by atoms with Gasteiger partial charge in [-0.15, -0.1) is 0 Å². The van der Waals surface area contributed by atoms with Crippen molar-refractivity contribution in [2.45, 2.75) is 5.41 Å². The molecule has 0 aliphatic heterocycles. The van der Waals surface area contributed by atoms with E-state index in [4.69, 9.17) is 0 Å². The van der Waals surface area contributed by atoms with Crippen molar-refractivity contribution in [3.63, 3.8) is 0 Å². The smallest absolute Gasteiger partial charge is 0.0713 e. The summed E-state index contributed by atoms with van der Waals surface area (Å²) in [7, 11) is 0. The van der Waals surface area contributed by atoms with E-state index in [1.54, 1.807) is 0 Å². The van der Waals surface area contributed by atoms with Gasteiger partial charge in [0.2, 0.25) is 0 Å². The highest BCUT2D eigenvalue weighted by Crippen LogP contribution is 2.57. The summed E-state index contributed by atoms with van der Waals surface area (Å²) in [6, 6.07) is 110. The molecule has 0 saturated carbocycles. The molecule has 0 bridgehead atoms. The van der Waals surface area contributed by atoms with Gasteiger partial charge in [-0.2, -0.15) is 0 Å². The molecule has 0 radical (unpaired) electrons. The summed E-state index contributed by atoms with van der Waals surface area (Å²) in [5.41, 5.74) is 20.1. The van der Waals surface area contributed by atoms with Crippen LogP contribution in [0.2, 0.25) is 0 Å². The van der Waals surface area contributed by atoms with Crippen LogP contribution in [0.25, 0.3) is 88.0 Å². The van der Waals surface area contributed by atoms with Crippen molar-refractivity contribution in [1.82, 2.24) is 0 Å². The van der Waals surface area contributed by atoms with E-state index < -0.39 is 5.41 Å². The monoisotopic (exact) mass is 939 g/mol. The molecule has 0 unspecified atom stereocenters. The van der Waals surface area contributed by atoms with Gasteiger partial charge in [-0.05, 0) is 153 Å². The molecule has 14 rings (SSSR count). The molecule has 1 nitrogen and oxygen atoms in total. The summed E-state index contributed by atoms with van der Waals surface area (Å²) in [4.78, 5) is 2.43. The van der Waals surface area contributed by atoms with Crippen LogP contribution in [0.4, 0.5) is 17.1 Å². The Morgan fingerprint density at radius 1 is 0.230 bits per heavy atom. The highest BCUT2D eigenvalue weighted by Gasteiger charge is 2.46. The summed E-state index contributed by atoms with van der Waals surface area (Å²) in [6.45, 7) is 0. The Kier molecular flexibility index (Phi) is 10.5. The second-order valence-electron chi connectivity index (χ2n) is 19.5. The van der Waals surface area contributed by atoms with Gasteiger partial charge in [-0.1, -0.05) is 255 Å². The summed E-state index contributed by atoms with van der Waals surface area (Å²) in [6.07, 6.45) is 0. The Morgan fingerprint density at radius 2 is 0.689 bits per heavy atom. The first-order valence-electron chi connectivity index (χ1n) is 25.7. The number of hydrogen-bond acceptors (Lipinski definition) is 1. The first kappa shape index (κ1) is 43.2. The van der Waals surface area contributed by atoms with E-state index in [0.29, 0.717) is 0 Å². The minimum absolute atomic E-state index is 0.478. The molecule has 0 fully saturated rings. The van der Waals surface area contributed by atoms with Gasteiger partial charge in [0.05, 0.1) is 5.41 Å². The maximum Gasteiger partial charge on any atom is 0.0713 e. The lowest BCUT2D eigenvalue weighted by Gasteiger charge is -2.34. The van der Waals surface area contributed by atoms with E-state index in [-0.39, 0.29) is 0 Å². The number of benzene rings is 13. The molecular formula is C73H49N. The third-order valence-corrected chi connectivity index (χ3v) is 15.5. The molecule has 74 heavy (non-hydrogen) atoms. The second kappa shape index (κ2) is 17.9. The fourth-order valence-electron chi connectivity index (χ4n) is 12.3. The van der Waals surface area contributed by atoms with Gasteiger partial charge in [0.1, 0.15) is 0 Å². The Morgan fingerprint density at radius 3 is 1.35 bits per heavy atom. The fourth-order valence-corrected chi connectivity index (χ4v) is 12.3. The maximum absolute atomic E-state index is 2.43. The molecule has 1 heteroatoms. The number of fused-ring (bicyclic) bond motifs is 7. The Bertz CT molecular complexity index is 4160. The highest BCUT2D eigenvalue weighted by atomic mass is 15.1. The predicted molar refractivity (Wildman–Crippen MR) is 313 cm³/mol. The zero-order valence-electron chi connectivity index (χ0n) is 40.7. The lowest BCUT2D eigenvalue weighted by Crippen LogP contribution is -2.28. The van der Waals surface area contributed by atoms with Crippen molar-refractivity contribution in [1.29, 1.82) is 0 Å². The van der Waals surface area contributed by atoms with Crippen molar-refractivity contribution in [2.75, 3.05) is 4.90 Å². The Balaban J connectivity index is 0.935. The van der Waals surface area contributed by atoms with Crippen LogP contribution in [-0.4, -0.2) is 0 Å². The van der Waals surface area contributed by atoms with Crippen LogP contribution in [0.1, 0.15) is 22.3 Å². The lowest BCUT2D eigenvalue weighted by molar-refractivity contribution is 0.768. The van der Waals surface area contributed by atoms with E-state index >= 15 is 0 Å². The van der Waals surface area contributed by atoms with E-state index in [0.717, 1.165) is 22.6 Å². The van der Waals surface area contributed by atoms with Crippen molar-refractivity contribution in [3.8, 4) is 55.6 Å². The van der Waals surface area contributed by atoms with Gasteiger partial charge in [-0.3, -0.25) is 0 Å². The van der Waals surface area contributed by atoms with Gasteiger partial charge in [0.15, 0.2) is 0 Å². The van der Waals surface area contributed by atoms with Crippen LogP contribution < -0.4 is 4.90 Å². The Hall–Kier alpha value is -9.56. The summed E-state index contributed by atoms with van der Waals surface area (Å²) in [5, 5.41) is 7.49. The molecule has 1 aliphatic carbocycles. The summed E-state index contributed by atoms with van der Waals surface area (Å²) in [5.74, 6) is 0. The van der Waals surface area contributed by atoms with Gasteiger partial charge >= 0.3 is 0 Å². The van der Waals surface area contributed by atoms with Crippen molar-refractivity contribution < 1.29 is 0 Å². The summed E-state index contributed by atoms with van der Waals surface area (Å²) < 4.78 is 0. The first-order valence-corrected chi connectivity index (χ1v) is 25.7. The van der Waals surface area contributed by atoms with E-state index in [9.17, 15) is 0 Å². The van der Waals surface area contributed by atoms with Gasteiger partial charge in [0.25, 0.3) is 0 Å². The van der Waals surface area contributed by atoms with Gasteiger partial charge < -0.3 is 4.90 Å². The average Bonchev–Trinajstić information content (AvgIpc) is 3.84.